The van der Waals surface area contributed by atoms with Gasteiger partial charge < -0.3 is 9.73 Å². The second kappa shape index (κ2) is 7.55. The van der Waals surface area contributed by atoms with E-state index in [4.69, 9.17) is 4.42 Å². The molecule has 1 aliphatic heterocycles. The van der Waals surface area contributed by atoms with Gasteiger partial charge in [0.25, 0.3) is 0 Å². The largest absolute Gasteiger partial charge is 0.468 e. The zero-order valence-electron chi connectivity index (χ0n) is 13.8. The lowest BCUT2D eigenvalue weighted by atomic mass is 10.2. The molecule has 6 nitrogen and oxygen atoms in total. The summed E-state index contributed by atoms with van der Waals surface area (Å²) >= 11 is 0. The fraction of sp³-hybridized carbons (Fsp3) is 0.353. The van der Waals surface area contributed by atoms with Crippen molar-refractivity contribution in [1.29, 1.82) is 0 Å². The Morgan fingerprint density at radius 3 is 2.54 bits per heavy atom. The van der Waals surface area contributed by atoms with Gasteiger partial charge in [0.1, 0.15) is 23.1 Å². The highest BCUT2D eigenvalue weighted by atomic mass is 32.2. The van der Waals surface area contributed by atoms with Crippen LogP contribution in [-0.4, -0.2) is 43.3 Å². The van der Waals surface area contributed by atoms with Crippen molar-refractivity contribution in [3.05, 3.63) is 54.0 Å². The van der Waals surface area contributed by atoms with E-state index in [1.807, 2.05) is 0 Å². The SMILES string of the molecule is O=C(CN(Cc1ccco1)[C@H]1CCS(=O)(=O)C1)Nc1c(F)cccc1F. The van der Waals surface area contributed by atoms with Crippen LogP contribution in [-0.2, 0) is 21.2 Å². The number of para-hydroxylation sites is 1. The lowest BCUT2D eigenvalue weighted by molar-refractivity contribution is -0.118. The molecule has 1 atom stereocenters. The van der Waals surface area contributed by atoms with Gasteiger partial charge in [0.05, 0.1) is 30.9 Å². The van der Waals surface area contributed by atoms with Crippen molar-refractivity contribution in [1.82, 2.24) is 4.90 Å². The number of sulfone groups is 1. The molecule has 2 aromatic rings. The number of rotatable bonds is 6. The molecule has 1 aliphatic rings. The molecule has 0 unspecified atom stereocenters. The summed E-state index contributed by atoms with van der Waals surface area (Å²) in [5, 5.41) is 2.22. The minimum absolute atomic E-state index is 0.0515. The van der Waals surface area contributed by atoms with E-state index < -0.39 is 33.1 Å². The van der Waals surface area contributed by atoms with Crippen molar-refractivity contribution in [2.75, 3.05) is 23.4 Å². The van der Waals surface area contributed by atoms with Gasteiger partial charge in [-0.05, 0) is 30.7 Å². The first-order valence-corrected chi connectivity index (χ1v) is 9.87. The van der Waals surface area contributed by atoms with E-state index in [1.165, 1.54) is 12.3 Å². The van der Waals surface area contributed by atoms with Gasteiger partial charge in [-0.1, -0.05) is 6.07 Å². The highest BCUT2D eigenvalue weighted by Crippen LogP contribution is 2.21. The smallest absolute Gasteiger partial charge is 0.238 e. The predicted molar refractivity (Wildman–Crippen MR) is 91.2 cm³/mol. The van der Waals surface area contributed by atoms with Gasteiger partial charge in [0.2, 0.25) is 5.91 Å². The standard InChI is InChI=1S/C17H18F2N2O4S/c18-14-4-1-5-15(19)17(14)20-16(22)10-21(9-13-3-2-7-25-13)12-6-8-26(23,24)11-12/h1-5,7,12H,6,8-11H2,(H,20,22)/t12-/m0/s1. The van der Waals surface area contributed by atoms with E-state index in [0.717, 1.165) is 12.1 Å². The summed E-state index contributed by atoms with van der Waals surface area (Å²) in [7, 11) is -3.15. The van der Waals surface area contributed by atoms with Crippen molar-refractivity contribution in [2.45, 2.75) is 19.0 Å². The third-order valence-corrected chi connectivity index (χ3v) is 5.99. The number of nitrogens with zero attached hydrogens (tertiary/aromatic N) is 1. The van der Waals surface area contributed by atoms with Gasteiger partial charge in [0.15, 0.2) is 9.84 Å². The number of carbonyl (C=O) groups is 1. The highest BCUT2D eigenvalue weighted by Gasteiger charge is 2.33. The Kier molecular flexibility index (Phi) is 5.38. The summed E-state index contributed by atoms with van der Waals surface area (Å²) < 4.78 is 56.2. The third-order valence-electron chi connectivity index (χ3n) is 4.24. The molecular weight excluding hydrogens is 366 g/mol. The Morgan fingerprint density at radius 2 is 1.96 bits per heavy atom. The van der Waals surface area contributed by atoms with Gasteiger partial charge in [-0.25, -0.2) is 17.2 Å². The van der Waals surface area contributed by atoms with Crippen LogP contribution in [0.1, 0.15) is 12.2 Å². The minimum Gasteiger partial charge on any atom is -0.468 e. The fourth-order valence-corrected chi connectivity index (χ4v) is 4.72. The third kappa shape index (κ3) is 4.47. The number of furan rings is 1. The molecule has 0 spiro atoms. The quantitative estimate of drug-likeness (QED) is 0.826. The van der Waals surface area contributed by atoms with Crippen LogP contribution in [0.5, 0.6) is 0 Å². The van der Waals surface area contributed by atoms with Crippen molar-refractivity contribution in [3.8, 4) is 0 Å². The van der Waals surface area contributed by atoms with Crippen LogP contribution in [0.25, 0.3) is 0 Å². The van der Waals surface area contributed by atoms with Crippen LogP contribution in [0.15, 0.2) is 41.0 Å². The molecule has 0 radical (unpaired) electrons. The van der Waals surface area contributed by atoms with E-state index in [2.05, 4.69) is 5.32 Å². The molecule has 1 fully saturated rings. The predicted octanol–water partition coefficient (Wildman–Crippen LogP) is 2.19. The maximum absolute atomic E-state index is 13.7. The van der Waals surface area contributed by atoms with E-state index in [1.54, 1.807) is 17.0 Å². The fourth-order valence-electron chi connectivity index (χ4n) is 2.96. The summed E-state index contributed by atoms with van der Waals surface area (Å²) in [5.74, 6) is -1.83. The summed E-state index contributed by atoms with van der Waals surface area (Å²) in [6.07, 6.45) is 1.87. The van der Waals surface area contributed by atoms with Crippen LogP contribution < -0.4 is 5.32 Å². The van der Waals surface area contributed by atoms with E-state index in [-0.39, 0.29) is 30.6 Å². The van der Waals surface area contributed by atoms with Gasteiger partial charge in [-0.15, -0.1) is 0 Å². The number of hydrogen-bond donors (Lipinski definition) is 1. The number of benzene rings is 1. The van der Waals surface area contributed by atoms with Gasteiger partial charge in [-0.2, -0.15) is 0 Å². The Hall–Kier alpha value is -2.26. The molecule has 0 aliphatic carbocycles. The molecule has 2 heterocycles. The lowest BCUT2D eigenvalue weighted by Crippen LogP contribution is -2.41. The average molecular weight is 384 g/mol. The van der Waals surface area contributed by atoms with E-state index >= 15 is 0 Å². The Balaban J connectivity index is 1.73. The number of anilines is 1. The molecular formula is C17H18F2N2O4S. The zero-order valence-corrected chi connectivity index (χ0v) is 14.6. The first kappa shape index (κ1) is 18.5. The van der Waals surface area contributed by atoms with Crippen LogP contribution in [0, 0.1) is 11.6 Å². The Morgan fingerprint density at radius 1 is 1.23 bits per heavy atom. The van der Waals surface area contributed by atoms with Crippen LogP contribution >= 0.6 is 0 Å². The normalized spacial score (nSPS) is 19.0. The molecule has 26 heavy (non-hydrogen) atoms. The van der Waals surface area contributed by atoms with Crippen LogP contribution in [0.2, 0.25) is 0 Å². The summed E-state index contributed by atoms with van der Waals surface area (Å²) in [4.78, 5) is 14.0. The summed E-state index contributed by atoms with van der Waals surface area (Å²) in [6, 6.07) is 6.33. The maximum Gasteiger partial charge on any atom is 0.238 e. The molecule has 140 valence electrons. The average Bonchev–Trinajstić information content (AvgIpc) is 3.20. The second-order valence-corrected chi connectivity index (χ2v) is 8.41. The van der Waals surface area contributed by atoms with Gasteiger partial charge in [-0.3, -0.25) is 9.69 Å². The van der Waals surface area contributed by atoms with Gasteiger partial charge >= 0.3 is 0 Å². The first-order chi connectivity index (χ1) is 12.3. The number of amides is 1. The summed E-state index contributed by atoms with van der Waals surface area (Å²) in [5.41, 5.74) is -0.519. The first-order valence-electron chi connectivity index (χ1n) is 8.05. The zero-order chi connectivity index (χ0) is 18.7. The molecule has 0 bridgehead atoms. The maximum atomic E-state index is 13.7. The van der Waals surface area contributed by atoms with E-state index in [9.17, 15) is 22.0 Å². The van der Waals surface area contributed by atoms with Crippen LogP contribution in [0.4, 0.5) is 14.5 Å². The molecule has 1 aromatic carbocycles. The summed E-state index contributed by atoms with van der Waals surface area (Å²) in [6.45, 7) is 0.00895. The van der Waals surface area contributed by atoms with Crippen molar-refractivity contribution in [2.24, 2.45) is 0 Å². The monoisotopic (exact) mass is 384 g/mol. The van der Waals surface area contributed by atoms with Crippen molar-refractivity contribution in [3.63, 3.8) is 0 Å². The molecule has 1 amide bonds. The number of carbonyl (C=O) groups excluding carboxylic acids is 1. The molecule has 9 heteroatoms. The van der Waals surface area contributed by atoms with Crippen molar-refractivity contribution >= 4 is 21.4 Å². The topological polar surface area (TPSA) is 79.6 Å². The Bertz CT molecular complexity index is 864. The second-order valence-electron chi connectivity index (χ2n) is 6.19. The number of hydrogen-bond acceptors (Lipinski definition) is 5. The molecule has 0 saturated carbocycles. The van der Waals surface area contributed by atoms with Gasteiger partial charge in [0, 0.05) is 6.04 Å². The lowest BCUT2D eigenvalue weighted by Gasteiger charge is -2.26. The molecule has 3 rings (SSSR count). The van der Waals surface area contributed by atoms with E-state index in [0.29, 0.717) is 12.2 Å². The van der Waals surface area contributed by atoms with Crippen molar-refractivity contribution < 1.29 is 26.4 Å². The minimum atomic E-state index is -3.15. The molecule has 1 saturated heterocycles. The Labute approximate surface area is 149 Å². The van der Waals surface area contributed by atoms with Crippen LogP contribution in [0.3, 0.4) is 0 Å². The highest BCUT2D eigenvalue weighted by molar-refractivity contribution is 7.91. The number of nitrogens with one attached hydrogen (secondary N) is 1. The molecule has 1 N–H and O–H groups in total. The number of halogens is 2. The molecule has 1 aromatic heterocycles.